The number of hydrogen-bond acceptors (Lipinski definition) is 2. The van der Waals surface area contributed by atoms with Crippen molar-refractivity contribution >= 4 is 0 Å². The predicted octanol–water partition coefficient (Wildman–Crippen LogP) is 0.630. The summed E-state index contributed by atoms with van der Waals surface area (Å²) in [5.74, 6) is 0. The van der Waals surface area contributed by atoms with Gasteiger partial charge in [0.25, 0.3) is 0 Å². The maximum absolute atomic E-state index is 10.9. The fraction of sp³-hybridized carbons (Fsp3) is 0.200. The van der Waals surface area contributed by atoms with Crippen LogP contribution < -0.4 is 5.43 Å². The molecule has 0 saturated heterocycles. The molecule has 0 spiro atoms. The smallest absolute Gasteiger partial charge is 0.181 e. The van der Waals surface area contributed by atoms with Crippen LogP contribution in [-0.4, -0.2) is 14.1 Å². The van der Waals surface area contributed by atoms with Crippen molar-refractivity contribution < 1.29 is 0 Å². The Balaban J connectivity index is 2.23. The molecule has 0 atom stereocenters. The van der Waals surface area contributed by atoms with Crippen LogP contribution in [-0.2, 0) is 13.6 Å². The molecular formula is C10H11N3O. The summed E-state index contributed by atoms with van der Waals surface area (Å²) in [5, 5.41) is 0. The second-order valence-electron chi connectivity index (χ2n) is 3.20. The van der Waals surface area contributed by atoms with Gasteiger partial charge in [0.1, 0.15) is 0 Å². The van der Waals surface area contributed by atoms with E-state index in [1.54, 1.807) is 30.9 Å². The highest BCUT2D eigenvalue weighted by Gasteiger charge is 1.97. The van der Waals surface area contributed by atoms with Crippen LogP contribution in [0.1, 0.15) is 5.69 Å². The maximum Gasteiger partial charge on any atom is 0.181 e. The quantitative estimate of drug-likeness (QED) is 0.695. The topological polar surface area (TPSA) is 39.8 Å². The van der Waals surface area contributed by atoms with E-state index in [4.69, 9.17) is 0 Å². The van der Waals surface area contributed by atoms with E-state index in [1.165, 1.54) is 0 Å². The van der Waals surface area contributed by atoms with Crippen molar-refractivity contribution in [2.45, 2.75) is 6.54 Å². The molecule has 0 saturated carbocycles. The molecule has 0 aromatic carbocycles. The van der Waals surface area contributed by atoms with Crippen LogP contribution in [0.2, 0.25) is 0 Å². The summed E-state index contributed by atoms with van der Waals surface area (Å²) < 4.78 is 3.90. The second kappa shape index (κ2) is 3.49. The van der Waals surface area contributed by atoms with Crippen LogP contribution >= 0.6 is 0 Å². The Morgan fingerprint density at radius 1 is 1.36 bits per heavy atom. The molecule has 2 rings (SSSR count). The van der Waals surface area contributed by atoms with Crippen molar-refractivity contribution in [3.63, 3.8) is 0 Å². The molecule has 2 aromatic heterocycles. The highest BCUT2D eigenvalue weighted by Crippen LogP contribution is 1.99. The first-order chi connectivity index (χ1) is 6.75. The van der Waals surface area contributed by atoms with Gasteiger partial charge in [-0.15, -0.1) is 0 Å². The summed E-state index contributed by atoms with van der Waals surface area (Å²) in [4.78, 5) is 14.9. The van der Waals surface area contributed by atoms with Crippen molar-refractivity contribution in [1.29, 1.82) is 0 Å². The van der Waals surface area contributed by atoms with Gasteiger partial charge in [0, 0.05) is 37.8 Å². The van der Waals surface area contributed by atoms with Crippen LogP contribution in [0.3, 0.4) is 0 Å². The number of aromatic nitrogens is 3. The number of nitrogens with zero attached hydrogens (tertiary/aromatic N) is 3. The Bertz CT molecular complexity index is 464. The lowest BCUT2D eigenvalue weighted by atomic mass is 10.4. The van der Waals surface area contributed by atoms with Crippen molar-refractivity contribution in [2.75, 3.05) is 0 Å². The molecule has 72 valence electrons. The number of hydrogen-bond donors (Lipinski definition) is 0. The Morgan fingerprint density at radius 2 is 2.07 bits per heavy atom. The molecule has 0 N–H and O–H groups in total. The number of imidazole rings is 1. The summed E-state index contributed by atoms with van der Waals surface area (Å²) in [6.07, 6.45) is 7.13. The lowest BCUT2D eigenvalue weighted by molar-refractivity contribution is 0.718. The van der Waals surface area contributed by atoms with E-state index in [0.717, 1.165) is 12.2 Å². The van der Waals surface area contributed by atoms with Gasteiger partial charge in [0.05, 0.1) is 18.6 Å². The van der Waals surface area contributed by atoms with Gasteiger partial charge >= 0.3 is 0 Å². The third-order valence-electron chi connectivity index (χ3n) is 2.12. The first-order valence-corrected chi connectivity index (χ1v) is 4.37. The van der Waals surface area contributed by atoms with Crippen LogP contribution in [0.4, 0.5) is 0 Å². The predicted molar refractivity (Wildman–Crippen MR) is 53.0 cm³/mol. The Hall–Kier alpha value is -1.84. The molecule has 0 aliphatic rings. The fourth-order valence-corrected chi connectivity index (χ4v) is 1.27. The van der Waals surface area contributed by atoms with Crippen LogP contribution in [0.5, 0.6) is 0 Å². The van der Waals surface area contributed by atoms with Crippen LogP contribution in [0.15, 0.2) is 41.8 Å². The molecule has 4 heteroatoms. The Kier molecular flexibility index (Phi) is 2.18. The maximum atomic E-state index is 10.9. The lowest BCUT2D eigenvalue weighted by Gasteiger charge is -2.05. The van der Waals surface area contributed by atoms with Gasteiger partial charge in [-0.1, -0.05) is 0 Å². The largest absolute Gasteiger partial charge is 0.348 e. The Labute approximate surface area is 81.4 Å². The van der Waals surface area contributed by atoms with E-state index in [-0.39, 0.29) is 5.43 Å². The van der Waals surface area contributed by atoms with Crippen molar-refractivity contribution in [1.82, 2.24) is 14.1 Å². The normalized spacial score (nSPS) is 10.4. The van der Waals surface area contributed by atoms with E-state index in [9.17, 15) is 4.79 Å². The summed E-state index contributed by atoms with van der Waals surface area (Å²) in [6.45, 7) is 0.733. The average molecular weight is 189 g/mol. The molecule has 0 fully saturated rings. The minimum absolute atomic E-state index is 0.0336. The van der Waals surface area contributed by atoms with E-state index in [0.29, 0.717) is 0 Å². The molecule has 14 heavy (non-hydrogen) atoms. The zero-order chi connectivity index (χ0) is 9.97. The average Bonchev–Trinajstić information content (AvgIpc) is 2.56. The van der Waals surface area contributed by atoms with Crippen LogP contribution in [0, 0.1) is 0 Å². The molecule has 2 heterocycles. The first-order valence-electron chi connectivity index (χ1n) is 4.37. The Morgan fingerprint density at radius 3 is 2.64 bits per heavy atom. The summed E-state index contributed by atoms with van der Waals surface area (Å²) in [6, 6.07) is 3.10. The fourth-order valence-electron chi connectivity index (χ4n) is 1.27. The third kappa shape index (κ3) is 1.74. The molecule has 0 amide bonds. The zero-order valence-corrected chi connectivity index (χ0v) is 7.92. The summed E-state index contributed by atoms with van der Waals surface area (Å²) >= 11 is 0. The first kappa shape index (κ1) is 8.74. The summed E-state index contributed by atoms with van der Waals surface area (Å²) in [5.41, 5.74) is 1.14. The van der Waals surface area contributed by atoms with Gasteiger partial charge in [-0.05, 0) is 0 Å². The van der Waals surface area contributed by atoms with E-state index >= 15 is 0 Å². The van der Waals surface area contributed by atoms with Crippen molar-refractivity contribution in [3.05, 3.63) is 53.0 Å². The molecule has 0 unspecified atom stereocenters. The van der Waals surface area contributed by atoms with Gasteiger partial charge in [0.15, 0.2) is 5.43 Å². The number of aryl methyl sites for hydroxylation is 1. The van der Waals surface area contributed by atoms with Gasteiger partial charge in [-0.25, -0.2) is 4.98 Å². The number of rotatable bonds is 2. The van der Waals surface area contributed by atoms with Gasteiger partial charge in [0.2, 0.25) is 0 Å². The monoisotopic (exact) mass is 189 g/mol. The molecule has 0 bridgehead atoms. The number of pyridine rings is 1. The van der Waals surface area contributed by atoms with E-state index < -0.39 is 0 Å². The molecular weight excluding hydrogens is 178 g/mol. The van der Waals surface area contributed by atoms with Gasteiger partial charge in [-0.2, -0.15) is 0 Å². The van der Waals surface area contributed by atoms with Crippen molar-refractivity contribution in [3.8, 4) is 0 Å². The second-order valence-corrected chi connectivity index (χ2v) is 3.20. The lowest BCUT2D eigenvalue weighted by Crippen LogP contribution is -2.07. The van der Waals surface area contributed by atoms with Crippen molar-refractivity contribution in [2.24, 2.45) is 7.05 Å². The van der Waals surface area contributed by atoms with Crippen LogP contribution in [0.25, 0.3) is 0 Å². The molecule has 0 aliphatic heterocycles. The molecule has 2 aromatic rings. The van der Waals surface area contributed by atoms with Gasteiger partial charge in [-0.3, -0.25) is 4.79 Å². The summed E-state index contributed by atoms with van der Waals surface area (Å²) in [7, 11) is 1.95. The highest BCUT2D eigenvalue weighted by atomic mass is 16.1. The molecule has 0 aliphatic carbocycles. The minimum atomic E-state index is 0.0336. The third-order valence-corrected chi connectivity index (χ3v) is 2.12. The minimum Gasteiger partial charge on any atom is -0.348 e. The highest BCUT2D eigenvalue weighted by molar-refractivity contribution is 5.01. The SMILES string of the molecule is Cn1cncc1Cn1ccc(=O)cc1. The standard InChI is InChI=1S/C10H11N3O/c1-12-8-11-6-9(12)7-13-4-2-10(14)3-5-13/h2-6,8H,7H2,1H3. The molecule has 4 nitrogen and oxygen atoms in total. The van der Waals surface area contributed by atoms with E-state index in [1.807, 2.05) is 22.4 Å². The van der Waals surface area contributed by atoms with Gasteiger partial charge < -0.3 is 9.13 Å². The molecule has 0 radical (unpaired) electrons. The van der Waals surface area contributed by atoms with E-state index in [2.05, 4.69) is 4.98 Å². The zero-order valence-electron chi connectivity index (χ0n) is 7.92.